The molecule has 2 fully saturated rings. The monoisotopic (exact) mass is 320 g/mol. The lowest BCUT2D eigenvalue weighted by atomic mass is 10.0. The largest absolute Gasteiger partial charge is 0.367 e. The maximum atomic E-state index is 14.2. The van der Waals surface area contributed by atoms with Gasteiger partial charge in [-0.2, -0.15) is 0 Å². The molecule has 2 aliphatic rings. The quantitative estimate of drug-likeness (QED) is 0.912. The van der Waals surface area contributed by atoms with Crippen LogP contribution in [0, 0.1) is 5.82 Å². The van der Waals surface area contributed by atoms with E-state index in [2.05, 4.69) is 34.1 Å². The van der Waals surface area contributed by atoms with Gasteiger partial charge in [-0.3, -0.25) is 4.90 Å². The number of anilines is 1. The zero-order valence-electron chi connectivity index (χ0n) is 14.4. The summed E-state index contributed by atoms with van der Waals surface area (Å²) in [6, 6.07) is 6.26. The van der Waals surface area contributed by atoms with Gasteiger partial charge in [-0.05, 0) is 57.7 Å². The molecule has 0 atom stereocenters. The Morgan fingerprint density at radius 1 is 1.17 bits per heavy atom. The summed E-state index contributed by atoms with van der Waals surface area (Å²) in [5.74, 6) is -0.0994. The van der Waals surface area contributed by atoms with Crippen molar-refractivity contribution in [3.05, 3.63) is 29.6 Å². The molecule has 3 rings (SSSR count). The summed E-state index contributed by atoms with van der Waals surface area (Å²) in [6.45, 7) is 6.86. The molecule has 128 valence electrons. The van der Waals surface area contributed by atoms with Crippen LogP contribution in [0.25, 0.3) is 0 Å². The Bertz CT molecular complexity index is 508. The second-order valence-electron chi connectivity index (χ2n) is 6.97. The van der Waals surface area contributed by atoms with Gasteiger partial charge in [0, 0.05) is 38.8 Å². The Morgan fingerprint density at radius 3 is 2.57 bits per heavy atom. The second kappa shape index (κ2) is 7.60. The van der Waals surface area contributed by atoms with Gasteiger partial charge in [-0.25, -0.2) is 4.39 Å². The number of nitrogens with one attached hydrogen (secondary N) is 1. The molecular weight excluding hydrogens is 291 g/mol. The smallest absolute Gasteiger partial charge is 0.146 e. The van der Waals surface area contributed by atoms with Gasteiger partial charge in [0.1, 0.15) is 5.82 Å². The summed E-state index contributed by atoms with van der Waals surface area (Å²) in [7, 11) is 4.39. The van der Waals surface area contributed by atoms with Crippen LogP contribution in [0.15, 0.2) is 18.2 Å². The summed E-state index contributed by atoms with van der Waals surface area (Å²) in [5, 5.41) is 3.32. The maximum absolute atomic E-state index is 14.2. The molecule has 2 heterocycles. The van der Waals surface area contributed by atoms with Crippen LogP contribution in [-0.2, 0) is 6.54 Å². The number of likely N-dealkylation sites (tertiary alicyclic amines) is 1. The summed E-state index contributed by atoms with van der Waals surface area (Å²) in [6.07, 6.45) is 2.44. The van der Waals surface area contributed by atoms with E-state index >= 15 is 0 Å². The third-order valence-corrected chi connectivity index (χ3v) is 5.21. The lowest BCUT2D eigenvalue weighted by molar-refractivity contribution is 0.139. The first-order chi connectivity index (χ1) is 11.1. The number of hydrogen-bond acceptors (Lipinski definition) is 4. The van der Waals surface area contributed by atoms with Gasteiger partial charge >= 0.3 is 0 Å². The first kappa shape index (κ1) is 16.7. The fourth-order valence-electron chi connectivity index (χ4n) is 3.66. The first-order valence-corrected chi connectivity index (χ1v) is 8.76. The Kier molecular flexibility index (Phi) is 5.51. The van der Waals surface area contributed by atoms with E-state index in [0.717, 1.165) is 38.4 Å². The number of nitrogens with zero attached hydrogens (tertiary/aromatic N) is 3. The molecule has 0 bridgehead atoms. The highest BCUT2D eigenvalue weighted by Gasteiger charge is 2.21. The Hall–Kier alpha value is -1.17. The van der Waals surface area contributed by atoms with E-state index in [0.29, 0.717) is 6.04 Å². The zero-order valence-corrected chi connectivity index (χ0v) is 14.4. The van der Waals surface area contributed by atoms with Crippen LogP contribution in [0.5, 0.6) is 0 Å². The number of rotatable bonds is 4. The number of piperazine rings is 1. The van der Waals surface area contributed by atoms with Gasteiger partial charge in [0.25, 0.3) is 0 Å². The molecule has 1 aromatic rings. The lowest BCUT2D eigenvalue weighted by Gasteiger charge is -2.35. The predicted octanol–water partition coefficient (Wildman–Crippen LogP) is 1.76. The molecule has 2 saturated heterocycles. The van der Waals surface area contributed by atoms with Gasteiger partial charge in [0.05, 0.1) is 5.69 Å². The Labute approximate surface area is 139 Å². The minimum Gasteiger partial charge on any atom is -0.367 e. The molecular formula is C18H29FN4. The van der Waals surface area contributed by atoms with E-state index in [-0.39, 0.29) is 5.82 Å². The van der Waals surface area contributed by atoms with Gasteiger partial charge in [-0.15, -0.1) is 0 Å². The maximum Gasteiger partial charge on any atom is 0.146 e. The predicted molar refractivity (Wildman–Crippen MR) is 93.5 cm³/mol. The zero-order chi connectivity index (χ0) is 16.2. The van der Waals surface area contributed by atoms with Crippen LogP contribution < -0.4 is 10.2 Å². The third-order valence-electron chi connectivity index (χ3n) is 5.21. The highest BCUT2D eigenvalue weighted by atomic mass is 19.1. The molecule has 1 aromatic carbocycles. The molecule has 0 amide bonds. The molecule has 23 heavy (non-hydrogen) atoms. The van der Waals surface area contributed by atoms with E-state index < -0.39 is 0 Å². The van der Waals surface area contributed by atoms with Crippen molar-refractivity contribution in [1.29, 1.82) is 0 Å². The lowest BCUT2D eigenvalue weighted by Crippen LogP contribution is -2.44. The highest BCUT2D eigenvalue weighted by molar-refractivity contribution is 5.50. The van der Waals surface area contributed by atoms with Gasteiger partial charge in [0.15, 0.2) is 0 Å². The summed E-state index contributed by atoms with van der Waals surface area (Å²) < 4.78 is 14.2. The Balaban J connectivity index is 1.65. The molecule has 1 N–H and O–H groups in total. The van der Waals surface area contributed by atoms with Gasteiger partial charge in [0.2, 0.25) is 0 Å². The molecule has 0 aliphatic carbocycles. The van der Waals surface area contributed by atoms with Gasteiger partial charge in [-0.1, -0.05) is 6.07 Å². The number of benzene rings is 1. The van der Waals surface area contributed by atoms with Crippen molar-refractivity contribution in [2.24, 2.45) is 0 Å². The normalized spacial score (nSPS) is 21.1. The van der Waals surface area contributed by atoms with Crippen molar-refractivity contribution in [2.45, 2.75) is 25.4 Å². The first-order valence-electron chi connectivity index (χ1n) is 8.76. The molecule has 4 nitrogen and oxygen atoms in total. The molecule has 0 unspecified atom stereocenters. The summed E-state index contributed by atoms with van der Waals surface area (Å²) in [4.78, 5) is 6.98. The second-order valence-corrected chi connectivity index (χ2v) is 6.97. The molecule has 0 aromatic heterocycles. The van der Waals surface area contributed by atoms with Crippen LogP contribution >= 0.6 is 0 Å². The number of piperidine rings is 1. The highest BCUT2D eigenvalue weighted by Crippen LogP contribution is 2.23. The standard InChI is InChI=1S/C18H29FN4/c1-21-9-5-16(6-10-21)22(2)14-15-3-4-17(19)18(13-15)23-11-7-20-8-12-23/h3-4,13,16,20H,5-12,14H2,1-2H3. The molecule has 5 heteroatoms. The van der Waals surface area contributed by atoms with Crippen molar-refractivity contribution in [3.8, 4) is 0 Å². The van der Waals surface area contributed by atoms with Crippen molar-refractivity contribution < 1.29 is 4.39 Å². The van der Waals surface area contributed by atoms with Crippen LogP contribution in [0.2, 0.25) is 0 Å². The fraction of sp³-hybridized carbons (Fsp3) is 0.667. The van der Waals surface area contributed by atoms with Crippen LogP contribution in [0.1, 0.15) is 18.4 Å². The average molecular weight is 320 g/mol. The van der Waals surface area contributed by atoms with E-state index in [1.165, 1.54) is 31.5 Å². The van der Waals surface area contributed by atoms with Crippen LogP contribution in [0.3, 0.4) is 0 Å². The summed E-state index contributed by atoms with van der Waals surface area (Å²) in [5.41, 5.74) is 1.97. The van der Waals surface area contributed by atoms with E-state index in [4.69, 9.17) is 0 Å². The molecule has 0 radical (unpaired) electrons. The minimum absolute atomic E-state index is 0.0994. The molecule has 2 aliphatic heterocycles. The topological polar surface area (TPSA) is 21.8 Å². The van der Waals surface area contributed by atoms with Crippen molar-refractivity contribution in [2.75, 3.05) is 58.3 Å². The molecule has 0 spiro atoms. The summed E-state index contributed by atoms with van der Waals surface area (Å²) >= 11 is 0. The van der Waals surface area contributed by atoms with Crippen molar-refractivity contribution >= 4 is 5.69 Å². The minimum atomic E-state index is -0.0994. The van der Waals surface area contributed by atoms with E-state index in [1.54, 1.807) is 6.07 Å². The van der Waals surface area contributed by atoms with Crippen LogP contribution in [-0.4, -0.2) is 69.2 Å². The van der Waals surface area contributed by atoms with Crippen LogP contribution in [0.4, 0.5) is 10.1 Å². The SMILES string of the molecule is CN1CCC(N(C)Cc2ccc(F)c(N3CCNCC3)c2)CC1. The molecule has 0 saturated carbocycles. The van der Waals surface area contributed by atoms with E-state index in [1.807, 2.05) is 12.1 Å². The average Bonchev–Trinajstić information content (AvgIpc) is 2.58. The van der Waals surface area contributed by atoms with Gasteiger partial charge < -0.3 is 15.1 Å². The third kappa shape index (κ3) is 4.22. The number of halogens is 1. The fourth-order valence-corrected chi connectivity index (χ4v) is 3.66. The Morgan fingerprint density at radius 2 is 1.87 bits per heavy atom. The van der Waals surface area contributed by atoms with E-state index in [9.17, 15) is 4.39 Å². The van der Waals surface area contributed by atoms with Crippen molar-refractivity contribution in [1.82, 2.24) is 15.1 Å². The number of hydrogen-bond donors (Lipinski definition) is 1. The van der Waals surface area contributed by atoms with Crippen molar-refractivity contribution in [3.63, 3.8) is 0 Å².